The van der Waals surface area contributed by atoms with E-state index < -0.39 is 0 Å². The Labute approximate surface area is 99.1 Å². The van der Waals surface area contributed by atoms with Crippen molar-refractivity contribution in [3.63, 3.8) is 0 Å². The smallest absolute Gasteiger partial charge is 0.0662 e. The summed E-state index contributed by atoms with van der Waals surface area (Å²) in [5, 5.41) is 3.46. The summed E-state index contributed by atoms with van der Waals surface area (Å²) in [6.45, 7) is 6.81. The van der Waals surface area contributed by atoms with Crippen LogP contribution in [-0.4, -0.2) is 19.8 Å². The fourth-order valence-corrected chi connectivity index (χ4v) is 2.40. The standard InChI is InChI=1S/C12H16BrNO/c1-8-5-10(6-11(13)9(8)2)12-7-15-4-3-14-12/h5-6,12,14H,3-4,7H2,1-2H3. The van der Waals surface area contributed by atoms with Gasteiger partial charge in [0, 0.05) is 11.0 Å². The molecule has 2 rings (SSSR count). The van der Waals surface area contributed by atoms with Crippen molar-refractivity contribution in [3.05, 3.63) is 33.3 Å². The van der Waals surface area contributed by atoms with Gasteiger partial charge in [0.05, 0.1) is 19.3 Å². The molecule has 0 saturated carbocycles. The van der Waals surface area contributed by atoms with Crippen molar-refractivity contribution >= 4 is 15.9 Å². The lowest BCUT2D eigenvalue weighted by Crippen LogP contribution is -2.34. The SMILES string of the molecule is Cc1cc(C2COCCN2)cc(Br)c1C. The Morgan fingerprint density at radius 1 is 1.40 bits per heavy atom. The number of nitrogens with one attached hydrogen (secondary N) is 1. The molecule has 0 amide bonds. The van der Waals surface area contributed by atoms with Gasteiger partial charge in [-0.3, -0.25) is 0 Å². The number of ether oxygens (including phenoxy) is 1. The average Bonchev–Trinajstić information content (AvgIpc) is 2.26. The summed E-state index contributed by atoms with van der Waals surface area (Å²) in [6.07, 6.45) is 0. The second-order valence-corrected chi connectivity index (χ2v) is 4.88. The fourth-order valence-electron chi connectivity index (χ4n) is 1.82. The molecule has 0 radical (unpaired) electrons. The molecule has 1 saturated heterocycles. The third-order valence-corrected chi connectivity index (χ3v) is 3.77. The Kier molecular flexibility index (Phi) is 3.44. The fraction of sp³-hybridized carbons (Fsp3) is 0.500. The Morgan fingerprint density at radius 2 is 2.20 bits per heavy atom. The topological polar surface area (TPSA) is 21.3 Å². The van der Waals surface area contributed by atoms with Crippen LogP contribution in [-0.2, 0) is 4.74 Å². The van der Waals surface area contributed by atoms with Gasteiger partial charge in [0.2, 0.25) is 0 Å². The highest BCUT2D eigenvalue weighted by atomic mass is 79.9. The van der Waals surface area contributed by atoms with Crippen LogP contribution < -0.4 is 5.32 Å². The predicted molar refractivity (Wildman–Crippen MR) is 65.2 cm³/mol. The zero-order chi connectivity index (χ0) is 10.8. The lowest BCUT2D eigenvalue weighted by Gasteiger charge is -2.25. The van der Waals surface area contributed by atoms with E-state index in [1.165, 1.54) is 21.2 Å². The molecule has 1 aliphatic rings. The first-order valence-electron chi connectivity index (χ1n) is 5.26. The van der Waals surface area contributed by atoms with Gasteiger partial charge in [0.1, 0.15) is 0 Å². The summed E-state index contributed by atoms with van der Waals surface area (Å²) in [5.74, 6) is 0. The number of hydrogen-bond donors (Lipinski definition) is 1. The summed E-state index contributed by atoms with van der Waals surface area (Å²) >= 11 is 3.59. The van der Waals surface area contributed by atoms with Gasteiger partial charge >= 0.3 is 0 Å². The quantitative estimate of drug-likeness (QED) is 0.847. The first-order chi connectivity index (χ1) is 7.18. The molecule has 1 heterocycles. The molecule has 0 spiro atoms. The normalized spacial score (nSPS) is 21.7. The monoisotopic (exact) mass is 269 g/mol. The van der Waals surface area contributed by atoms with Gasteiger partial charge in [-0.25, -0.2) is 0 Å². The molecule has 0 aliphatic carbocycles. The van der Waals surface area contributed by atoms with E-state index in [2.05, 4.69) is 47.2 Å². The first-order valence-corrected chi connectivity index (χ1v) is 6.05. The van der Waals surface area contributed by atoms with Crippen molar-refractivity contribution < 1.29 is 4.74 Å². The highest BCUT2D eigenvalue weighted by Gasteiger charge is 2.16. The highest BCUT2D eigenvalue weighted by molar-refractivity contribution is 9.10. The molecule has 1 aliphatic heterocycles. The molecule has 1 aromatic rings. The van der Waals surface area contributed by atoms with Gasteiger partial charge in [-0.1, -0.05) is 22.0 Å². The molecule has 15 heavy (non-hydrogen) atoms. The maximum absolute atomic E-state index is 5.47. The summed E-state index contributed by atoms with van der Waals surface area (Å²) < 4.78 is 6.65. The maximum Gasteiger partial charge on any atom is 0.0662 e. The van der Waals surface area contributed by atoms with Crippen LogP contribution in [0.15, 0.2) is 16.6 Å². The lowest BCUT2D eigenvalue weighted by atomic mass is 10.0. The third-order valence-electron chi connectivity index (χ3n) is 2.95. The van der Waals surface area contributed by atoms with E-state index in [1.807, 2.05) is 0 Å². The second-order valence-electron chi connectivity index (χ2n) is 4.03. The summed E-state index contributed by atoms with van der Waals surface area (Å²) in [5.41, 5.74) is 3.95. The van der Waals surface area contributed by atoms with Crippen LogP contribution in [0.2, 0.25) is 0 Å². The second kappa shape index (κ2) is 4.64. The number of rotatable bonds is 1. The third kappa shape index (κ3) is 2.41. The highest BCUT2D eigenvalue weighted by Crippen LogP contribution is 2.26. The van der Waals surface area contributed by atoms with Crippen LogP contribution in [0.25, 0.3) is 0 Å². The number of hydrogen-bond acceptors (Lipinski definition) is 2. The summed E-state index contributed by atoms with van der Waals surface area (Å²) in [4.78, 5) is 0. The van der Waals surface area contributed by atoms with Gasteiger partial charge in [-0.15, -0.1) is 0 Å². The summed E-state index contributed by atoms with van der Waals surface area (Å²) in [7, 11) is 0. The van der Waals surface area contributed by atoms with Crippen LogP contribution in [0.4, 0.5) is 0 Å². The zero-order valence-corrected chi connectivity index (χ0v) is 10.7. The molecular weight excluding hydrogens is 254 g/mol. The van der Waals surface area contributed by atoms with Gasteiger partial charge in [-0.2, -0.15) is 0 Å². The van der Waals surface area contributed by atoms with Crippen molar-refractivity contribution in [1.82, 2.24) is 5.32 Å². The van der Waals surface area contributed by atoms with Crippen molar-refractivity contribution in [2.45, 2.75) is 19.9 Å². The maximum atomic E-state index is 5.47. The van der Waals surface area contributed by atoms with E-state index in [4.69, 9.17) is 4.74 Å². The van der Waals surface area contributed by atoms with E-state index in [1.54, 1.807) is 0 Å². The Morgan fingerprint density at radius 3 is 2.80 bits per heavy atom. The summed E-state index contributed by atoms with van der Waals surface area (Å²) in [6, 6.07) is 4.77. The van der Waals surface area contributed by atoms with Crippen LogP contribution >= 0.6 is 15.9 Å². The van der Waals surface area contributed by atoms with Gasteiger partial charge in [0.15, 0.2) is 0 Å². The molecule has 2 nitrogen and oxygen atoms in total. The molecule has 0 aromatic heterocycles. The van der Waals surface area contributed by atoms with E-state index >= 15 is 0 Å². The molecule has 1 N–H and O–H groups in total. The van der Waals surface area contributed by atoms with Crippen LogP contribution in [0.1, 0.15) is 22.7 Å². The molecule has 1 atom stereocenters. The Balaban J connectivity index is 2.27. The molecule has 3 heteroatoms. The van der Waals surface area contributed by atoms with Gasteiger partial charge in [0.25, 0.3) is 0 Å². The average molecular weight is 270 g/mol. The van der Waals surface area contributed by atoms with Crippen molar-refractivity contribution in [1.29, 1.82) is 0 Å². The number of benzene rings is 1. The minimum atomic E-state index is 0.342. The van der Waals surface area contributed by atoms with E-state index in [-0.39, 0.29) is 0 Å². The minimum absolute atomic E-state index is 0.342. The minimum Gasteiger partial charge on any atom is -0.378 e. The molecule has 82 valence electrons. The Hall–Kier alpha value is -0.380. The van der Waals surface area contributed by atoms with Gasteiger partial charge in [-0.05, 0) is 36.6 Å². The molecule has 1 unspecified atom stereocenters. The van der Waals surface area contributed by atoms with Crippen molar-refractivity contribution in [2.24, 2.45) is 0 Å². The number of morpholine rings is 1. The molecule has 1 fully saturated rings. The number of aryl methyl sites for hydroxylation is 1. The van der Waals surface area contributed by atoms with Crippen molar-refractivity contribution in [3.8, 4) is 0 Å². The predicted octanol–water partition coefficient (Wildman–Crippen LogP) is 2.73. The van der Waals surface area contributed by atoms with E-state index in [0.29, 0.717) is 6.04 Å². The largest absolute Gasteiger partial charge is 0.378 e. The van der Waals surface area contributed by atoms with Gasteiger partial charge < -0.3 is 10.1 Å². The number of halogens is 1. The Bertz CT molecular complexity index is 336. The molecular formula is C12H16BrNO. The van der Waals surface area contributed by atoms with Crippen LogP contribution in [0, 0.1) is 13.8 Å². The van der Waals surface area contributed by atoms with Crippen LogP contribution in [0.5, 0.6) is 0 Å². The first kappa shape index (κ1) is 11.1. The zero-order valence-electron chi connectivity index (χ0n) is 9.14. The molecule has 1 aromatic carbocycles. The van der Waals surface area contributed by atoms with Crippen molar-refractivity contribution in [2.75, 3.05) is 19.8 Å². The van der Waals surface area contributed by atoms with E-state index in [0.717, 1.165) is 19.8 Å². The molecule has 0 bridgehead atoms. The van der Waals surface area contributed by atoms with E-state index in [9.17, 15) is 0 Å². The van der Waals surface area contributed by atoms with Crippen LogP contribution in [0.3, 0.4) is 0 Å². The lowest BCUT2D eigenvalue weighted by molar-refractivity contribution is 0.0768.